The fourth-order valence-corrected chi connectivity index (χ4v) is 1.81. The topological polar surface area (TPSA) is 77.0 Å². The normalized spacial score (nSPS) is 12.4. The van der Waals surface area contributed by atoms with Gasteiger partial charge in [-0.15, -0.1) is 0 Å². The zero-order valence-corrected chi connectivity index (χ0v) is 11.3. The van der Waals surface area contributed by atoms with E-state index in [-0.39, 0.29) is 11.9 Å². The van der Waals surface area contributed by atoms with E-state index < -0.39 is 0 Å². The van der Waals surface area contributed by atoms with Crippen molar-refractivity contribution in [2.45, 2.75) is 33.4 Å². The first-order chi connectivity index (χ1) is 9.11. The molecule has 0 aliphatic carbocycles. The minimum absolute atomic E-state index is 0.00273. The number of nitrogens with zero attached hydrogens (tertiary/aromatic N) is 5. The van der Waals surface area contributed by atoms with Crippen LogP contribution in [0.15, 0.2) is 23.2 Å². The summed E-state index contributed by atoms with van der Waals surface area (Å²) < 4.78 is 6.68. The molecule has 1 amide bonds. The van der Waals surface area contributed by atoms with Crippen LogP contribution < -0.4 is 0 Å². The van der Waals surface area contributed by atoms with E-state index in [0.717, 1.165) is 0 Å². The molecular formula is C12H17N5O2. The molecule has 1 atom stereocenters. The van der Waals surface area contributed by atoms with Crippen molar-refractivity contribution in [3.63, 3.8) is 0 Å². The summed E-state index contributed by atoms with van der Waals surface area (Å²) in [4.78, 5) is 22.1. The molecular weight excluding hydrogens is 246 g/mol. The molecule has 2 rings (SSSR count). The third kappa shape index (κ3) is 2.98. The number of carbonyl (C=O) groups excluding carboxylic acids is 1. The highest BCUT2D eigenvalue weighted by atomic mass is 16.5. The van der Waals surface area contributed by atoms with E-state index in [1.54, 1.807) is 35.1 Å². The molecule has 2 aromatic heterocycles. The Hall–Kier alpha value is -2.18. The Bertz CT molecular complexity index is 534. The van der Waals surface area contributed by atoms with Crippen LogP contribution in [0.3, 0.4) is 0 Å². The second-order valence-corrected chi connectivity index (χ2v) is 4.27. The van der Waals surface area contributed by atoms with Crippen molar-refractivity contribution < 1.29 is 9.32 Å². The molecule has 0 saturated carbocycles. The van der Waals surface area contributed by atoms with Gasteiger partial charge in [0.15, 0.2) is 5.82 Å². The van der Waals surface area contributed by atoms with Crippen LogP contribution in [-0.2, 0) is 11.3 Å². The van der Waals surface area contributed by atoms with Crippen LogP contribution in [0.5, 0.6) is 0 Å². The van der Waals surface area contributed by atoms with Gasteiger partial charge in [-0.1, -0.05) is 5.16 Å². The van der Waals surface area contributed by atoms with Gasteiger partial charge in [0.2, 0.25) is 11.8 Å². The summed E-state index contributed by atoms with van der Waals surface area (Å²) >= 11 is 0. The standard InChI is InChI=1S/C12H17N5O2/c1-4-16(7-11-14-10(3)19-15-11)12(18)9(2)17-6-5-13-8-17/h5-6,8-9H,4,7H2,1-3H3/t9-/m0/s1. The highest BCUT2D eigenvalue weighted by Crippen LogP contribution is 2.11. The molecule has 0 unspecified atom stereocenters. The van der Waals surface area contributed by atoms with E-state index in [2.05, 4.69) is 15.1 Å². The van der Waals surface area contributed by atoms with Crippen LogP contribution >= 0.6 is 0 Å². The molecule has 0 radical (unpaired) electrons. The van der Waals surface area contributed by atoms with Gasteiger partial charge in [0.1, 0.15) is 6.04 Å². The summed E-state index contributed by atoms with van der Waals surface area (Å²) in [6, 6.07) is -0.296. The maximum Gasteiger partial charge on any atom is 0.245 e. The number of aromatic nitrogens is 4. The summed E-state index contributed by atoms with van der Waals surface area (Å²) in [5.41, 5.74) is 0. The van der Waals surface area contributed by atoms with Gasteiger partial charge in [-0.05, 0) is 13.8 Å². The first kappa shape index (κ1) is 13.3. The van der Waals surface area contributed by atoms with Gasteiger partial charge in [-0.25, -0.2) is 4.98 Å². The molecule has 7 heteroatoms. The van der Waals surface area contributed by atoms with Crippen molar-refractivity contribution >= 4 is 5.91 Å². The largest absolute Gasteiger partial charge is 0.340 e. The monoisotopic (exact) mass is 263 g/mol. The minimum Gasteiger partial charge on any atom is -0.340 e. The van der Waals surface area contributed by atoms with Crippen LogP contribution in [0, 0.1) is 6.92 Å². The lowest BCUT2D eigenvalue weighted by Crippen LogP contribution is -2.35. The van der Waals surface area contributed by atoms with Crippen molar-refractivity contribution in [3.8, 4) is 0 Å². The first-order valence-corrected chi connectivity index (χ1v) is 6.17. The van der Waals surface area contributed by atoms with Gasteiger partial charge in [-0.2, -0.15) is 4.98 Å². The number of hydrogen-bond donors (Lipinski definition) is 0. The molecule has 0 aliphatic heterocycles. The number of imidazole rings is 1. The Kier molecular flexibility index (Phi) is 3.94. The van der Waals surface area contributed by atoms with E-state index in [0.29, 0.717) is 24.8 Å². The lowest BCUT2D eigenvalue weighted by molar-refractivity contribution is -0.134. The molecule has 0 N–H and O–H groups in total. The molecule has 2 aromatic rings. The van der Waals surface area contributed by atoms with Crippen LogP contribution in [0.1, 0.15) is 31.6 Å². The third-order valence-corrected chi connectivity index (χ3v) is 2.92. The highest BCUT2D eigenvalue weighted by Gasteiger charge is 2.22. The van der Waals surface area contributed by atoms with E-state index in [9.17, 15) is 4.79 Å². The lowest BCUT2D eigenvalue weighted by Gasteiger charge is -2.23. The van der Waals surface area contributed by atoms with Gasteiger partial charge in [0, 0.05) is 25.9 Å². The van der Waals surface area contributed by atoms with Crippen molar-refractivity contribution in [2.24, 2.45) is 0 Å². The summed E-state index contributed by atoms with van der Waals surface area (Å²) in [5.74, 6) is 1.02. The molecule has 102 valence electrons. The van der Waals surface area contributed by atoms with Gasteiger partial charge in [0.05, 0.1) is 12.9 Å². The molecule has 0 aliphatic rings. The van der Waals surface area contributed by atoms with E-state index in [4.69, 9.17) is 4.52 Å². The number of likely N-dealkylation sites (N-methyl/N-ethyl adjacent to an activating group) is 1. The van der Waals surface area contributed by atoms with Crippen molar-refractivity contribution in [1.82, 2.24) is 24.6 Å². The van der Waals surface area contributed by atoms with E-state index in [1.807, 2.05) is 13.8 Å². The predicted octanol–water partition coefficient (Wildman–Crippen LogP) is 1.18. The summed E-state index contributed by atoms with van der Waals surface area (Å²) in [6.45, 7) is 6.43. The smallest absolute Gasteiger partial charge is 0.245 e. The Labute approximate surface area is 111 Å². The average molecular weight is 263 g/mol. The van der Waals surface area contributed by atoms with Crippen LogP contribution in [0.2, 0.25) is 0 Å². The molecule has 0 aromatic carbocycles. The fourth-order valence-electron chi connectivity index (χ4n) is 1.81. The highest BCUT2D eigenvalue weighted by molar-refractivity contribution is 5.79. The minimum atomic E-state index is -0.296. The second-order valence-electron chi connectivity index (χ2n) is 4.27. The summed E-state index contributed by atoms with van der Waals surface area (Å²) in [7, 11) is 0. The lowest BCUT2D eigenvalue weighted by atomic mass is 10.2. The number of carbonyl (C=O) groups is 1. The zero-order chi connectivity index (χ0) is 13.8. The van der Waals surface area contributed by atoms with Gasteiger partial charge >= 0.3 is 0 Å². The Morgan fingerprint density at radius 1 is 1.58 bits per heavy atom. The SMILES string of the molecule is CCN(Cc1noc(C)n1)C(=O)[C@H](C)n1ccnc1. The first-order valence-electron chi connectivity index (χ1n) is 6.17. The van der Waals surface area contributed by atoms with Crippen LogP contribution in [0.4, 0.5) is 0 Å². The number of amides is 1. The summed E-state index contributed by atoms with van der Waals surface area (Å²) in [6.07, 6.45) is 5.06. The Balaban J connectivity index is 2.06. The number of rotatable bonds is 5. The Morgan fingerprint density at radius 3 is 2.89 bits per heavy atom. The quantitative estimate of drug-likeness (QED) is 0.809. The Morgan fingerprint density at radius 2 is 2.37 bits per heavy atom. The fraction of sp³-hybridized carbons (Fsp3) is 0.500. The van der Waals surface area contributed by atoms with Crippen molar-refractivity contribution in [1.29, 1.82) is 0 Å². The molecule has 0 fully saturated rings. The van der Waals surface area contributed by atoms with Crippen LogP contribution in [0.25, 0.3) is 0 Å². The van der Waals surface area contributed by atoms with Crippen molar-refractivity contribution in [3.05, 3.63) is 30.4 Å². The summed E-state index contributed by atoms with van der Waals surface area (Å²) in [5, 5.41) is 3.81. The number of hydrogen-bond acceptors (Lipinski definition) is 5. The average Bonchev–Trinajstić information content (AvgIpc) is 3.05. The molecule has 2 heterocycles. The van der Waals surface area contributed by atoms with E-state index in [1.165, 1.54) is 0 Å². The zero-order valence-electron chi connectivity index (χ0n) is 11.3. The molecule has 0 spiro atoms. The number of aryl methyl sites for hydroxylation is 1. The van der Waals surface area contributed by atoms with Gasteiger partial charge in [-0.3, -0.25) is 4.79 Å². The molecule has 19 heavy (non-hydrogen) atoms. The van der Waals surface area contributed by atoms with Gasteiger partial charge < -0.3 is 14.0 Å². The van der Waals surface area contributed by atoms with Crippen LogP contribution in [-0.4, -0.2) is 37.0 Å². The maximum atomic E-state index is 12.4. The van der Waals surface area contributed by atoms with Gasteiger partial charge in [0.25, 0.3) is 0 Å². The molecule has 0 saturated heterocycles. The van der Waals surface area contributed by atoms with Crippen molar-refractivity contribution in [2.75, 3.05) is 6.54 Å². The second kappa shape index (κ2) is 5.64. The molecule has 0 bridgehead atoms. The third-order valence-electron chi connectivity index (χ3n) is 2.92. The van der Waals surface area contributed by atoms with E-state index >= 15 is 0 Å². The predicted molar refractivity (Wildman–Crippen MR) is 67.1 cm³/mol. The maximum absolute atomic E-state index is 12.4. The molecule has 7 nitrogen and oxygen atoms in total.